The smallest absolute Gasteiger partial charge is 0.226 e. The first-order valence-electron chi connectivity index (χ1n) is 7.73. The maximum atomic E-state index is 13.0. The molecule has 0 spiro atoms. The van der Waals surface area contributed by atoms with Crippen LogP contribution in [0, 0.1) is 11.7 Å². The van der Waals surface area contributed by atoms with Gasteiger partial charge in [-0.25, -0.2) is 4.39 Å². The number of rotatable bonds is 2. The van der Waals surface area contributed by atoms with Crippen LogP contribution in [-0.4, -0.2) is 47.9 Å². The Morgan fingerprint density at radius 1 is 1.14 bits per heavy atom. The van der Waals surface area contributed by atoms with Crippen LogP contribution in [0.25, 0.3) is 0 Å². The van der Waals surface area contributed by atoms with Crippen LogP contribution in [0.1, 0.15) is 31.7 Å². The van der Waals surface area contributed by atoms with Crippen molar-refractivity contribution in [3.63, 3.8) is 0 Å². The third-order valence-electron chi connectivity index (χ3n) is 4.99. The summed E-state index contributed by atoms with van der Waals surface area (Å²) in [6, 6.07) is 7.26. The molecule has 1 saturated carbocycles. The Kier molecular flexibility index (Phi) is 3.74. The average molecular weight is 290 g/mol. The molecule has 114 valence electrons. The first kappa shape index (κ1) is 14.5. The number of likely N-dealkylation sites (N-methyl/N-ethyl adjacent to an activating group) is 1. The maximum absolute atomic E-state index is 13.0. The molecule has 2 fully saturated rings. The van der Waals surface area contributed by atoms with E-state index in [0.29, 0.717) is 6.04 Å². The molecule has 0 aromatic heterocycles. The first-order valence-corrected chi connectivity index (χ1v) is 7.73. The number of halogens is 1. The van der Waals surface area contributed by atoms with Gasteiger partial charge in [0.1, 0.15) is 5.82 Å². The van der Waals surface area contributed by atoms with Crippen LogP contribution in [0.3, 0.4) is 0 Å². The molecule has 1 heterocycles. The second-order valence-electron chi connectivity index (χ2n) is 6.63. The number of carbonyl (C=O) groups excluding carboxylic acids is 1. The first-order chi connectivity index (χ1) is 9.97. The predicted octanol–water partition coefficient (Wildman–Crippen LogP) is 2.48. The van der Waals surface area contributed by atoms with E-state index in [1.54, 1.807) is 0 Å². The number of piperazine rings is 1. The monoisotopic (exact) mass is 290 g/mol. The average Bonchev–Trinajstić information content (AvgIpc) is 3.23. The van der Waals surface area contributed by atoms with Crippen molar-refractivity contribution in [3.8, 4) is 0 Å². The van der Waals surface area contributed by atoms with E-state index >= 15 is 0 Å². The number of hydrogen-bond donors (Lipinski definition) is 0. The summed E-state index contributed by atoms with van der Waals surface area (Å²) < 4.78 is 13.0. The minimum Gasteiger partial charge on any atom is -0.337 e. The van der Waals surface area contributed by atoms with Gasteiger partial charge in [0, 0.05) is 31.1 Å². The molecule has 3 rings (SSSR count). The largest absolute Gasteiger partial charge is 0.337 e. The molecule has 1 aliphatic heterocycles. The van der Waals surface area contributed by atoms with Crippen LogP contribution < -0.4 is 0 Å². The summed E-state index contributed by atoms with van der Waals surface area (Å²) in [5.74, 6) is 0.425. The third-order valence-corrected chi connectivity index (χ3v) is 4.99. The lowest BCUT2D eigenvalue weighted by Gasteiger charge is -2.42. The van der Waals surface area contributed by atoms with Gasteiger partial charge in [-0.15, -0.1) is 0 Å². The van der Waals surface area contributed by atoms with Gasteiger partial charge >= 0.3 is 0 Å². The van der Waals surface area contributed by atoms with Crippen molar-refractivity contribution in [2.24, 2.45) is 5.92 Å². The standard InChI is InChI=1S/C17H23FN2O/c1-11-10-20(12(2)9-19(11)3)17(21)16-8-15(16)13-4-6-14(18)7-5-13/h4-7,11-12,15-16H,8-10H2,1-3H3. The lowest BCUT2D eigenvalue weighted by atomic mass is 10.1. The zero-order chi connectivity index (χ0) is 15.1. The van der Waals surface area contributed by atoms with Gasteiger partial charge in [0.15, 0.2) is 0 Å². The van der Waals surface area contributed by atoms with Crippen LogP contribution in [-0.2, 0) is 4.79 Å². The Morgan fingerprint density at radius 2 is 1.81 bits per heavy atom. The van der Waals surface area contributed by atoms with Crippen molar-refractivity contribution in [1.82, 2.24) is 9.80 Å². The summed E-state index contributed by atoms with van der Waals surface area (Å²) in [6.07, 6.45) is 0.901. The van der Waals surface area contributed by atoms with Crippen molar-refractivity contribution < 1.29 is 9.18 Å². The van der Waals surface area contributed by atoms with Crippen LogP contribution in [0.15, 0.2) is 24.3 Å². The van der Waals surface area contributed by atoms with E-state index in [0.717, 1.165) is 25.1 Å². The molecular weight excluding hydrogens is 267 g/mol. The molecule has 3 nitrogen and oxygen atoms in total. The molecule has 4 atom stereocenters. The highest BCUT2D eigenvalue weighted by molar-refractivity contribution is 5.83. The molecule has 0 N–H and O–H groups in total. The van der Waals surface area contributed by atoms with Crippen LogP contribution in [0.2, 0.25) is 0 Å². The topological polar surface area (TPSA) is 23.6 Å². The van der Waals surface area contributed by atoms with Gasteiger partial charge in [-0.05, 0) is 50.9 Å². The van der Waals surface area contributed by atoms with E-state index in [1.807, 2.05) is 17.0 Å². The van der Waals surface area contributed by atoms with Crippen molar-refractivity contribution in [2.45, 2.75) is 38.3 Å². The van der Waals surface area contributed by atoms with Gasteiger partial charge in [-0.2, -0.15) is 0 Å². The van der Waals surface area contributed by atoms with Gasteiger partial charge in [-0.3, -0.25) is 9.69 Å². The Labute approximate surface area is 125 Å². The number of benzene rings is 1. The fraction of sp³-hybridized carbons (Fsp3) is 0.588. The third kappa shape index (κ3) is 2.82. The fourth-order valence-corrected chi connectivity index (χ4v) is 3.37. The lowest BCUT2D eigenvalue weighted by Crippen LogP contribution is -2.57. The van der Waals surface area contributed by atoms with Crippen LogP contribution in [0.5, 0.6) is 0 Å². The zero-order valence-corrected chi connectivity index (χ0v) is 12.9. The van der Waals surface area contributed by atoms with E-state index in [2.05, 4.69) is 25.8 Å². The molecule has 1 aromatic carbocycles. The Bertz CT molecular complexity index is 530. The highest BCUT2D eigenvalue weighted by Gasteiger charge is 2.47. The molecule has 4 unspecified atom stereocenters. The number of hydrogen-bond acceptors (Lipinski definition) is 2. The Hall–Kier alpha value is -1.42. The minimum atomic E-state index is -0.219. The molecule has 1 aliphatic carbocycles. The lowest BCUT2D eigenvalue weighted by molar-refractivity contribution is -0.138. The summed E-state index contributed by atoms with van der Waals surface area (Å²) >= 11 is 0. The molecule has 1 aromatic rings. The highest BCUT2D eigenvalue weighted by atomic mass is 19.1. The summed E-state index contributed by atoms with van der Waals surface area (Å²) in [5.41, 5.74) is 1.09. The molecule has 0 bridgehead atoms. The molecule has 0 radical (unpaired) electrons. The molecule has 4 heteroatoms. The molecule has 2 aliphatic rings. The Morgan fingerprint density at radius 3 is 2.48 bits per heavy atom. The van der Waals surface area contributed by atoms with E-state index in [-0.39, 0.29) is 29.6 Å². The van der Waals surface area contributed by atoms with E-state index in [9.17, 15) is 9.18 Å². The van der Waals surface area contributed by atoms with Gasteiger partial charge in [-0.1, -0.05) is 12.1 Å². The quantitative estimate of drug-likeness (QED) is 0.835. The number of carbonyl (C=O) groups is 1. The van der Waals surface area contributed by atoms with Crippen molar-refractivity contribution in [1.29, 1.82) is 0 Å². The summed E-state index contributed by atoms with van der Waals surface area (Å²) in [5, 5.41) is 0. The van der Waals surface area contributed by atoms with Gasteiger partial charge in [0.25, 0.3) is 0 Å². The SMILES string of the molecule is CC1CN(C(=O)C2CC2c2ccc(F)cc2)C(C)CN1C. The fourth-order valence-electron chi connectivity index (χ4n) is 3.37. The second-order valence-corrected chi connectivity index (χ2v) is 6.63. The van der Waals surface area contributed by atoms with E-state index < -0.39 is 0 Å². The second kappa shape index (κ2) is 5.41. The zero-order valence-electron chi connectivity index (χ0n) is 12.9. The molecular formula is C17H23FN2O. The molecule has 1 saturated heterocycles. The minimum absolute atomic E-state index is 0.0912. The number of nitrogens with zero attached hydrogens (tertiary/aromatic N) is 2. The maximum Gasteiger partial charge on any atom is 0.226 e. The van der Waals surface area contributed by atoms with Crippen molar-refractivity contribution >= 4 is 5.91 Å². The molecule has 21 heavy (non-hydrogen) atoms. The van der Waals surface area contributed by atoms with Gasteiger partial charge in [0.05, 0.1) is 0 Å². The Balaban J connectivity index is 1.66. The van der Waals surface area contributed by atoms with E-state index in [1.165, 1.54) is 12.1 Å². The van der Waals surface area contributed by atoms with Crippen LogP contribution >= 0.6 is 0 Å². The normalized spacial score (nSPS) is 33.0. The van der Waals surface area contributed by atoms with Crippen molar-refractivity contribution in [3.05, 3.63) is 35.6 Å². The predicted molar refractivity (Wildman–Crippen MR) is 80.5 cm³/mol. The molecule has 1 amide bonds. The summed E-state index contributed by atoms with van der Waals surface area (Å²) in [4.78, 5) is 17.1. The highest BCUT2D eigenvalue weighted by Crippen LogP contribution is 2.48. The van der Waals surface area contributed by atoms with Gasteiger partial charge < -0.3 is 4.90 Å². The van der Waals surface area contributed by atoms with E-state index in [4.69, 9.17) is 0 Å². The number of amides is 1. The van der Waals surface area contributed by atoms with Crippen LogP contribution in [0.4, 0.5) is 4.39 Å². The summed E-state index contributed by atoms with van der Waals surface area (Å²) in [6.45, 7) is 6.02. The summed E-state index contributed by atoms with van der Waals surface area (Å²) in [7, 11) is 2.11. The van der Waals surface area contributed by atoms with Crippen molar-refractivity contribution in [2.75, 3.05) is 20.1 Å². The van der Waals surface area contributed by atoms with Gasteiger partial charge in [0.2, 0.25) is 5.91 Å².